The first-order chi connectivity index (χ1) is 12.5. The molecular weight excluding hydrogens is 479 g/mol. The Bertz CT molecular complexity index is 969. The quantitative estimate of drug-likeness (QED) is 0.637. The second-order valence-electron chi connectivity index (χ2n) is 5.67. The van der Waals surface area contributed by atoms with Crippen LogP contribution in [0.4, 0.5) is 11.4 Å². The van der Waals surface area contributed by atoms with E-state index in [0.29, 0.717) is 20.9 Å². The first-order valence-electron chi connectivity index (χ1n) is 7.63. The van der Waals surface area contributed by atoms with Crippen molar-refractivity contribution in [3.05, 3.63) is 50.9 Å². The molecule has 1 atom stereocenters. The van der Waals surface area contributed by atoms with Gasteiger partial charge in [-0.2, -0.15) is 0 Å². The van der Waals surface area contributed by atoms with Crippen LogP contribution < -0.4 is 14.4 Å². The summed E-state index contributed by atoms with van der Waals surface area (Å²) in [6.07, 6.45) is 1.02. The number of nitrogens with one attached hydrogen (secondary N) is 1. The van der Waals surface area contributed by atoms with Crippen LogP contribution in [0.25, 0.3) is 0 Å². The lowest BCUT2D eigenvalue weighted by Gasteiger charge is -2.28. The molecule has 0 saturated heterocycles. The number of anilines is 2. The normalized spacial score (nSPS) is 12.4. The number of carbonyl (C=O) groups excluding carboxylic acids is 1. The average molecular weight is 496 g/mol. The largest absolute Gasteiger partial charge is 0.495 e. The molecule has 0 radical (unpaired) electrons. The first-order valence-corrected chi connectivity index (χ1v) is 11.0. The second-order valence-corrected chi connectivity index (χ2v) is 9.20. The third kappa shape index (κ3) is 5.28. The summed E-state index contributed by atoms with van der Waals surface area (Å²) in [6, 6.07) is 8.34. The number of halogens is 3. The highest BCUT2D eigenvalue weighted by atomic mass is 79.9. The van der Waals surface area contributed by atoms with Crippen molar-refractivity contribution in [2.45, 2.75) is 13.0 Å². The van der Waals surface area contributed by atoms with Gasteiger partial charge >= 0.3 is 0 Å². The van der Waals surface area contributed by atoms with Gasteiger partial charge in [-0.15, -0.1) is 0 Å². The molecule has 0 fully saturated rings. The van der Waals surface area contributed by atoms with Crippen LogP contribution in [0.1, 0.15) is 6.92 Å². The number of sulfonamides is 1. The van der Waals surface area contributed by atoms with E-state index in [-0.39, 0.29) is 10.7 Å². The second kappa shape index (κ2) is 8.68. The molecule has 6 nitrogen and oxygen atoms in total. The molecule has 0 aromatic heterocycles. The van der Waals surface area contributed by atoms with Crippen molar-refractivity contribution in [2.24, 2.45) is 0 Å². The van der Waals surface area contributed by atoms with Gasteiger partial charge in [-0.25, -0.2) is 8.42 Å². The number of amides is 1. The van der Waals surface area contributed by atoms with E-state index in [2.05, 4.69) is 21.2 Å². The molecule has 0 aliphatic rings. The summed E-state index contributed by atoms with van der Waals surface area (Å²) in [5, 5.41) is 3.31. The number of rotatable bonds is 6. The topological polar surface area (TPSA) is 75.7 Å². The highest BCUT2D eigenvalue weighted by Crippen LogP contribution is 2.31. The number of benzene rings is 2. The minimum Gasteiger partial charge on any atom is -0.495 e. The summed E-state index contributed by atoms with van der Waals surface area (Å²) in [6.45, 7) is 1.48. The monoisotopic (exact) mass is 494 g/mol. The van der Waals surface area contributed by atoms with E-state index in [1.165, 1.54) is 32.2 Å². The van der Waals surface area contributed by atoms with Crippen LogP contribution in [0.15, 0.2) is 40.9 Å². The van der Waals surface area contributed by atoms with E-state index in [9.17, 15) is 13.2 Å². The molecule has 0 heterocycles. The molecule has 2 aromatic rings. The van der Waals surface area contributed by atoms with Gasteiger partial charge in [0.2, 0.25) is 15.9 Å². The Morgan fingerprint density at radius 2 is 1.85 bits per heavy atom. The highest BCUT2D eigenvalue weighted by molar-refractivity contribution is 9.10. The Morgan fingerprint density at radius 1 is 1.19 bits per heavy atom. The van der Waals surface area contributed by atoms with Gasteiger partial charge in [0.1, 0.15) is 11.8 Å². The van der Waals surface area contributed by atoms with Crippen LogP contribution in [0.3, 0.4) is 0 Å². The van der Waals surface area contributed by atoms with Crippen molar-refractivity contribution in [1.82, 2.24) is 0 Å². The number of carbonyl (C=O) groups is 1. The van der Waals surface area contributed by atoms with E-state index in [0.717, 1.165) is 10.6 Å². The van der Waals surface area contributed by atoms with Crippen molar-refractivity contribution in [1.29, 1.82) is 0 Å². The maximum absolute atomic E-state index is 12.6. The molecule has 0 unspecified atom stereocenters. The van der Waals surface area contributed by atoms with Crippen molar-refractivity contribution in [3.8, 4) is 5.75 Å². The number of hydrogen-bond donors (Lipinski definition) is 1. The van der Waals surface area contributed by atoms with Gasteiger partial charge in [0.05, 0.1) is 29.1 Å². The fourth-order valence-corrected chi connectivity index (χ4v) is 4.27. The Hall–Kier alpha value is -1.48. The fraction of sp³-hybridized carbons (Fsp3) is 0.235. The van der Waals surface area contributed by atoms with Crippen LogP contribution in [-0.2, 0) is 14.8 Å². The summed E-state index contributed by atoms with van der Waals surface area (Å²) in [4.78, 5) is 12.6. The zero-order chi connectivity index (χ0) is 20.4. The smallest absolute Gasteiger partial charge is 0.247 e. The summed E-state index contributed by atoms with van der Waals surface area (Å²) in [5.41, 5.74) is 0.695. The van der Waals surface area contributed by atoms with Gasteiger partial charge in [-0.3, -0.25) is 9.10 Å². The van der Waals surface area contributed by atoms with E-state index >= 15 is 0 Å². The number of ether oxygens (including phenoxy) is 1. The maximum Gasteiger partial charge on any atom is 0.247 e. The van der Waals surface area contributed by atoms with Gasteiger partial charge in [0.25, 0.3) is 0 Å². The number of hydrogen-bond acceptors (Lipinski definition) is 4. The fourth-order valence-electron chi connectivity index (χ4n) is 2.42. The van der Waals surface area contributed by atoms with Crippen molar-refractivity contribution >= 4 is 66.4 Å². The molecule has 10 heteroatoms. The Labute approximate surface area is 176 Å². The van der Waals surface area contributed by atoms with Gasteiger partial charge in [-0.05, 0) is 59.3 Å². The zero-order valence-corrected chi connectivity index (χ0v) is 18.6. The van der Waals surface area contributed by atoms with Gasteiger partial charge in [0.15, 0.2) is 0 Å². The summed E-state index contributed by atoms with van der Waals surface area (Å²) >= 11 is 15.4. The Balaban J connectivity index is 2.34. The molecule has 146 valence electrons. The molecule has 1 amide bonds. The predicted molar refractivity (Wildman–Crippen MR) is 113 cm³/mol. The van der Waals surface area contributed by atoms with Gasteiger partial charge in [-0.1, -0.05) is 23.2 Å². The Kier molecular flexibility index (Phi) is 7.02. The molecule has 0 bridgehead atoms. The van der Waals surface area contributed by atoms with E-state index in [1.807, 2.05) is 0 Å². The van der Waals surface area contributed by atoms with Crippen LogP contribution in [0.2, 0.25) is 10.0 Å². The lowest BCUT2D eigenvalue weighted by molar-refractivity contribution is -0.116. The predicted octanol–water partition coefficient (Wildman–Crippen LogP) is 4.56. The van der Waals surface area contributed by atoms with Crippen LogP contribution >= 0.6 is 39.1 Å². The standard InChI is InChI=1S/C17H17BrCl2N2O4S/c1-10(17(23)21-11-4-6-13(18)14(19)8-11)22(27(3,24)25)12-5-7-16(26-2)15(20)9-12/h4-10H,1-3H3,(H,21,23)/t10-/m0/s1. The third-order valence-electron chi connectivity index (χ3n) is 3.67. The number of nitrogens with zero attached hydrogens (tertiary/aromatic N) is 1. The van der Waals surface area contributed by atoms with Gasteiger partial charge < -0.3 is 10.1 Å². The van der Waals surface area contributed by atoms with Crippen molar-refractivity contribution < 1.29 is 17.9 Å². The highest BCUT2D eigenvalue weighted by Gasteiger charge is 2.29. The molecule has 0 aliphatic heterocycles. The molecule has 27 heavy (non-hydrogen) atoms. The summed E-state index contributed by atoms with van der Waals surface area (Å²) in [7, 11) is -2.31. The lowest BCUT2D eigenvalue weighted by atomic mass is 10.2. The maximum atomic E-state index is 12.6. The molecule has 0 saturated carbocycles. The molecule has 1 N–H and O–H groups in total. The summed E-state index contributed by atoms with van der Waals surface area (Å²) in [5.74, 6) is -0.124. The third-order valence-corrected chi connectivity index (χ3v) is 6.43. The van der Waals surface area contributed by atoms with Crippen molar-refractivity contribution in [3.63, 3.8) is 0 Å². The molecule has 2 aromatic carbocycles. The van der Waals surface area contributed by atoms with Crippen molar-refractivity contribution in [2.75, 3.05) is 23.0 Å². The van der Waals surface area contributed by atoms with Crippen LogP contribution in [0.5, 0.6) is 5.75 Å². The van der Waals surface area contributed by atoms with E-state index < -0.39 is 22.0 Å². The molecule has 0 aliphatic carbocycles. The lowest BCUT2D eigenvalue weighted by Crippen LogP contribution is -2.45. The first kappa shape index (κ1) is 21.8. The van der Waals surface area contributed by atoms with Crippen LogP contribution in [-0.4, -0.2) is 33.7 Å². The molecular formula is C17H17BrCl2N2O4S. The number of methoxy groups -OCH3 is 1. The van der Waals surface area contributed by atoms with Gasteiger partial charge in [0, 0.05) is 10.2 Å². The van der Waals surface area contributed by atoms with Crippen LogP contribution in [0, 0.1) is 0 Å². The minimum atomic E-state index is -3.77. The molecule has 0 spiro atoms. The zero-order valence-electron chi connectivity index (χ0n) is 14.7. The Morgan fingerprint density at radius 3 is 2.37 bits per heavy atom. The average Bonchev–Trinajstić information content (AvgIpc) is 2.57. The van der Waals surface area contributed by atoms with E-state index in [4.69, 9.17) is 27.9 Å². The minimum absolute atomic E-state index is 0.232. The molecule has 2 rings (SSSR count). The summed E-state index contributed by atoms with van der Waals surface area (Å²) < 4.78 is 31.4. The SMILES string of the molecule is COc1ccc(N([C@@H](C)C(=O)Nc2ccc(Br)c(Cl)c2)S(C)(=O)=O)cc1Cl. The van der Waals surface area contributed by atoms with E-state index in [1.54, 1.807) is 18.2 Å².